The Morgan fingerprint density at radius 2 is 1.89 bits per heavy atom. The molecule has 0 atom stereocenters. The smallest absolute Gasteiger partial charge is 0.0678 e. The fraction of sp³-hybridized carbons (Fsp3) is 0.438. The Kier molecular flexibility index (Phi) is 4.38. The van der Waals surface area contributed by atoms with Crippen LogP contribution in [0.1, 0.15) is 29.4 Å². The molecule has 1 aromatic carbocycles. The summed E-state index contributed by atoms with van der Waals surface area (Å²) in [5, 5.41) is 8.08. The summed E-state index contributed by atoms with van der Waals surface area (Å²) in [6.45, 7) is 10.6. The molecule has 3 heteroatoms. The monoisotopic (exact) mass is 257 g/mol. The van der Waals surface area contributed by atoms with Gasteiger partial charge < -0.3 is 5.32 Å². The molecule has 2 aromatic rings. The zero-order valence-electron chi connectivity index (χ0n) is 12.3. The Hall–Kier alpha value is -1.61. The van der Waals surface area contributed by atoms with Crippen molar-refractivity contribution in [1.29, 1.82) is 0 Å². The second-order valence-corrected chi connectivity index (χ2v) is 4.95. The predicted octanol–water partition coefficient (Wildman–Crippen LogP) is 2.95. The number of aromatic nitrogens is 2. The largest absolute Gasteiger partial charge is 0.317 e. The van der Waals surface area contributed by atoms with Gasteiger partial charge in [0.2, 0.25) is 0 Å². The fourth-order valence-corrected chi connectivity index (χ4v) is 2.46. The van der Waals surface area contributed by atoms with Gasteiger partial charge in [0.05, 0.1) is 11.4 Å². The number of likely N-dealkylation sites (N-methyl/N-ethyl adjacent to an activating group) is 1. The maximum atomic E-state index is 4.71. The Bertz CT molecular complexity index is 555. The number of nitrogens with zero attached hydrogens (tertiary/aromatic N) is 2. The zero-order chi connectivity index (χ0) is 13.8. The summed E-state index contributed by atoms with van der Waals surface area (Å²) in [5.74, 6) is 0. The van der Waals surface area contributed by atoms with Crippen molar-refractivity contribution in [2.45, 2.75) is 34.1 Å². The highest BCUT2D eigenvalue weighted by atomic mass is 15.3. The van der Waals surface area contributed by atoms with Gasteiger partial charge in [-0.15, -0.1) is 0 Å². The first-order valence-electron chi connectivity index (χ1n) is 6.97. The van der Waals surface area contributed by atoms with E-state index in [0.29, 0.717) is 0 Å². The highest BCUT2D eigenvalue weighted by Gasteiger charge is 2.13. The summed E-state index contributed by atoms with van der Waals surface area (Å²) >= 11 is 0. The van der Waals surface area contributed by atoms with Crippen molar-refractivity contribution < 1.29 is 0 Å². The lowest BCUT2D eigenvalue weighted by Gasteiger charge is -2.08. The first kappa shape index (κ1) is 13.8. The van der Waals surface area contributed by atoms with Crippen molar-refractivity contribution >= 4 is 0 Å². The van der Waals surface area contributed by atoms with Crippen molar-refractivity contribution in [3.05, 3.63) is 46.8 Å². The number of nitrogens with one attached hydrogen (secondary N) is 1. The average Bonchev–Trinajstić information content (AvgIpc) is 2.67. The minimum Gasteiger partial charge on any atom is -0.317 e. The van der Waals surface area contributed by atoms with Gasteiger partial charge in [0.25, 0.3) is 0 Å². The molecule has 0 aliphatic heterocycles. The van der Waals surface area contributed by atoms with Crippen LogP contribution in [0.4, 0.5) is 0 Å². The maximum absolute atomic E-state index is 4.71. The fourth-order valence-electron chi connectivity index (χ4n) is 2.46. The molecular weight excluding hydrogens is 234 g/mol. The van der Waals surface area contributed by atoms with Crippen LogP contribution >= 0.6 is 0 Å². The summed E-state index contributed by atoms with van der Waals surface area (Å²) in [6.07, 6.45) is 1.04. The lowest BCUT2D eigenvalue weighted by Crippen LogP contribution is -2.16. The van der Waals surface area contributed by atoms with Crippen LogP contribution < -0.4 is 5.32 Å². The number of para-hydroxylation sites is 1. The van der Waals surface area contributed by atoms with Crippen LogP contribution in [0, 0.1) is 20.8 Å². The molecule has 0 aliphatic rings. The highest BCUT2D eigenvalue weighted by molar-refractivity contribution is 5.42. The molecule has 3 nitrogen and oxygen atoms in total. The lowest BCUT2D eigenvalue weighted by molar-refractivity contribution is 0.712. The molecule has 0 radical (unpaired) electrons. The second-order valence-electron chi connectivity index (χ2n) is 4.95. The van der Waals surface area contributed by atoms with E-state index in [4.69, 9.17) is 5.10 Å². The van der Waals surface area contributed by atoms with Crippen molar-refractivity contribution in [2.24, 2.45) is 0 Å². The molecule has 1 aromatic heterocycles. The topological polar surface area (TPSA) is 29.9 Å². The Morgan fingerprint density at radius 3 is 2.58 bits per heavy atom. The summed E-state index contributed by atoms with van der Waals surface area (Å²) in [6, 6.07) is 8.39. The van der Waals surface area contributed by atoms with E-state index in [1.165, 1.54) is 22.5 Å². The third-order valence-electron chi connectivity index (χ3n) is 3.59. The van der Waals surface area contributed by atoms with E-state index in [0.717, 1.165) is 25.2 Å². The van der Waals surface area contributed by atoms with E-state index in [2.05, 4.69) is 62.0 Å². The molecule has 1 N–H and O–H groups in total. The average molecular weight is 257 g/mol. The molecule has 2 rings (SSSR count). The quantitative estimate of drug-likeness (QED) is 0.835. The molecule has 0 bridgehead atoms. The molecular formula is C16H23N3. The number of hydrogen-bond donors (Lipinski definition) is 1. The van der Waals surface area contributed by atoms with Gasteiger partial charge in [-0.05, 0) is 57.5 Å². The van der Waals surface area contributed by atoms with Crippen LogP contribution in [0.2, 0.25) is 0 Å². The van der Waals surface area contributed by atoms with Gasteiger partial charge in [0, 0.05) is 5.69 Å². The normalized spacial score (nSPS) is 10.9. The third kappa shape index (κ3) is 2.87. The standard InChI is InChI=1S/C16H23N3/c1-5-17-11-10-15-13(3)18-19(14(15)4)16-9-7-6-8-12(16)2/h6-9,17H,5,10-11H2,1-4H3. The summed E-state index contributed by atoms with van der Waals surface area (Å²) in [7, 11) is 0. The van der Waals surface area contributed by atoms with Gasteiger partial charge in [0.15, 0.2) is 0 Å². The van der Waals surface area contributed by atoms with Crippen LogP contribution in [0.15, 0.2) is 24.3 Å². The summed E-state index contributed by atoms with van der Waals surface area (Å²) in [4.78, 5) is 0. The van der Waals surface area contributed by atoms with E-state index in [-0.39, 0.29) is 0 Å². The van der Waals surface area contributed by atoms with Gasteiger partial charge in [-0.2, -0.15) is 5.10 Å². The summed E-state index contributed by atoms with van der Waals surface area (Å²) < 4.78 is 2.08. The van der Waals surface area contributed by atoms with Crippen molar-refractivity contribution in [3.63, 3.8) is 0 Å². The third-order valence-corrected chi connectivity index (χ3v) is 3.59. The molecule has 0 spiro atoms. The van der Waals surface area contributed by atoms with Crippen molar-refractivity contribution in [1.82, 2.24) is 15.1 Å². The van der Waals surface area contributed by atoms with E-state index in [9.17, 15) is 0 Å². The van der Waals surface area contributed by atoms with Crippen LogP contribution in [0.5, 0.6) is 0 Å². The van der Waals surface area contributed by atoms with E-state index in [1.54, 1.807) is 0 Å². The van der Waals surface area contributed by atoms with Crippen LogP contribution in [-0.2, 0) is 6.42 Å². The molecule has 102 valence electrons. The van der Waals surface area contributed by atoms with Gasteiger partial charge in [0.1, 0.15) is 0 Å². The first-order valence-corrected chi connectivity index (χ1v) is 6.97. The van der Waals surface area contributed by atoms with Crippen LogP contribution in [0.25, 0.3) is 5.69 Å². The molecule has 0 amide bonds. The van der Waals surface area contributed by atoms with Crippen LogP contribution in [-0.4, -0.2) is 22.9 Å². The van der Waals surface area contributed by atoms with E-state index >= 15 is 0 Å². The molecule has 0 unspecified atom stereocenters. The minimum absolute atomic E-state index is 1.01. The molecule has 19 heavy (non-hydrogen) atoms. The van der Waals surface area contributed by atoms with Gasteiger partial charge in [-0.3, -0.25) is 0 Å². The van der Waals surface area contributed by atoms with Crippen LogP contribution in [0.3, 0.4) is 0 Å². The van der Waals surface area contributed by atoms with Crippen molar-refractivity contribution in [2.75, 3.05) is 13.1 Å². The Balaban J connectivity index is 2.33. The summed E-state index contributed by atoms with van der Waals surface area (Å²) in [5.41, 5.74) is 6.19. The lowest BCUT2D eigenvalue weighted by atomic mass is 10.1. The molecule has 0 saturated heterocycles. The second kappa shape index (κ2) is 6.02. The SMILES string of the molecule is CCNCCc1c(C)nn(-c2ccccc2C)c1C. The number of hydrogen-bond acceptors (Lipinski definition) is 2. The van der Waals surface area contributed by atoms with Crippen molar-refractivity contribution in [3.8, 4) is 5.69 Å². The van der Waals surface area contributed by atoms with E-state index in [1.807, 2.05) is 0 Å². The van der Waals surface area contributed by atoms with Gasteiger partial charge in [-0.1, -0.05) is 25.1 Å². The number of rotatable bonds is 5. The van der Waals surface area contributed by atoms with Gasteiger partial charge >= 0.3 is 0 Å². The Labute approximate surface area is 115 Å². The number of benzene rings is 1. The molecule has 0 aliphatic carbocycles. The predicted molar refractivity (Wildman–Crippen MR) is 80.0 cm³/mol. The van der Waals surface area contributed by atoms with E-state index < -0.39 is 0 Å². The maximum Gasteiger partial charge on any atom is 0.0678 e. The van der Waals surface area contributed by atoms with Gasteiger partial charge in [-0.25, -0.2) is 4.68 Å². The number of aryl methyl sites for hydroxylation is 2. The minimum atomic E-state index is 1.01. The Morgan fingerprint density at radius 1 is 1.16 bits per heavy atom. The first-order chi connectivity index (χ1) is 9.15. The highest BCUT2D eigenvalue weighted by Crippen LogP contribution is 2.20. The molecule has 0 fully saturated rings. The zero-order valence-corrected chi connectivity index (χ0v) is 12.3. The molecule has 1 heterocycles. The molecule has 0 saturated carbocycles.